The quantitative estimate of drug-likeness (QED) is 0.845. The van der Waals surface area contributed by atoms with Crippen LogP contribution in [0.3, 0.4) is 0 Å². The van der Waals surface area contributed by atoms with Gasteiger partial charge in [-0.05, 0) is 18.6 Å². The van der Waals surface area contributed by atoms with Crippen LogP contribution < -0.4 is 5.73 Å². The Morgan fingerprint density at radius 1 is 1.18 bits per heavy atom. The minimum atomic E-state index is -0.568. The first-order valence-corrected chi connectivity index (χ1v) is 5.18. The van der Waals surface area contributed by atoms with Crippen molar-refractivity contribution in [1.82, 2.24) is 15.0 Å². The number of hydrogen-bond acceptors (Lipinski definition) is 4. The number of pyridine rings is 1. The Hall–Kier alpha value is -2.30. The number of hydrogen-bond donors (Lipinski definition) is 1. The van der Waals surface area contributed by atoms with E-state index in [2.05, 4.69) is 15.0 Å². The molecule has 0 unspecified atom stereocenters. The van der Waals surface area contributed by atoms with E-state index in [9.17, 15) is 4.79 Å². The molecule has 0 aromatic carbocycles. The van der Waals surface area contributed by atoms with Gasteiger partial charge in [0.05, 0.1) is 5.69 Å². The first kappa shape index (κ1) is 11.2. The van der Waals surface area contributed by atoms with Gasteiger partial charge in [-0.1, -0.05) is 6.07 Å². The first-order chi connectivity index (χ1) is 8.18. The average Bonchev–Trinajstić information content (AvgIpc) is 2.32. The molecule has 0 aliphatic carbocycles. The summed E-state index contributed by atoms with van der Waals surface area (Å²) in [7, 11) is 0. The molecule has 0 fully saturated rings. The maximum atomic E-state index is 11.2. The zero-order valence-electron chi connectivity index (χ0n) is 9.42. The van der Waals surface area contributed by atoms with Crippen LogP contribution in [-0.4, -0.2) is 20.9 Å². The van der Waals surface area contributed by atoms with E-state index in [1.54, 1.807) is 12.4 Å². The highest BCUT2D eigenvalue weighted by Gasteiger charge is 2.12. The summed E-state index contributed by atoms with van der Waals surface area (Å²) in [5, 5.41) is 0. The predicted molar refractivity (Wildman–Crippen MR) is 62.3 cm³/mol. The highest BCUT2D eigenvalue weighted by Crippen LogP contribution is 2.11. The highest BCUT2D eigenvalue weighted by molar-refractivity contribution is 5.91. The fourth-order valence-corrected chi connectivity index (χ4v) is 1.56. The number of aromatic nitrogens is 3. The molecule has 2 aromatic heterocycles. The molecule has 0 aliphatic heterocycles. The molecule has 2 aromatic rings. The lowest BCUT2D eigenvalue weighted by Crippen LogP contribution is -2.17. The van der Waals surface area contributed by atoms with E-state index < -0.39 is 5.91 Å². The summed E-state index contributed by atoms with van der Waals surface area (Å²) in [6.45, 7) is 1.96. The molecule has 0 radical (unpaired) electrons. The first-order valence-electron chi connectivity index (χ1n) is 5.18. The van der Waals surface area contributed by atoms with Gasteiger partial charge >= 0.3 is 0 Å². The fraction of sp³-hybridized carbons (Fsp3) is 0.167. The van der Waals surface area contributed by atoms with Crippen molar-refractivity contribution in [3.05, 3.63) is 53.4 Å². The number of nitrogens with two attached hydrogens (primary N) is 1. The third kappa shape index (κ3) is 2.44. The summed E-state index contributed by atoms with van der Waals surface area (Å²) in [4.78, 5) is 23.5. The Bertz CT molecular complexity index is 554. The van der Waals surface area contributed by atoms with Gasteiger partial charge in [-0.25, -0.2) is 4.98 Å². The van der Waals surface area contributed by atoms with E-state index in [1.807, 2.05) is 19.1 Å². The lowest BCUT2D eigenvalue weighted by atomic mass is 10.1. The van der Waals surface area contributed by atoms with Crippen LogP contribution in [0.25, 0.3) is 0 Å². The van der Waals surface area contributed by atoms with Crippen LogP contribution in [-0.2, 0) is 6.42 Å². The minimum absolute atomic E-state index is 0.206. The SMILES string of the molecule is Cc1cccnc1Cc1nccnc1C(N)=O. The second-order valence-corrected chi connectivity index (χ2v) is 3.66. The number of rotatable bonds is 3. The molecule has 2 N–H and O–H groups in total. The molecule has 0 bridgehead atoms. The van der Waals surface area contributed by atoms with Crippen LogP contribution in [0, 0.1) is 6.92 Å². The van der Waals surface area contributed by atoms with Gasteiger partial charge in [0, 0.05) is 30.7 Å². The second-order valence-electron chi connectivity index (χ2n) is 3.66. The number of carbonyl (C=O) groups excluding carboxylic acids is 1. The van der Waals surface area contributed by atoms with E-state index >= 15 is 0 Å². The van der Waals surface area contributed by atoms with Crippen LogP contribution in [0.15, 0.2) is 30.7 Å². The summed E-state index contributed by atoms with van der Waals surface area (Å²) in [5.74, 6) is -0.568. The summed E-state index contributed by atoms with van der Waals surface area (Å²) in [5.41, 5.74) is 7.93. The van der Waals surface area contributed by atoms with Crippen molar-refractivity contribution in [3.63, 3.8) is 0 Å². The lowest BCUT2D eigenvalue weighted by molar-refractivity contribution is 0.0994. The van der Waals surface area contributed by atoms with E-state index in [-0.39, 0.29) is 5.69 Å². The van der Waals surface area contributed by atoms with Crippen molar-refractivity contribution in [2.45, 2.75) is 13.3 Å². The lowest BCUT2D eigenvalue weighted by Gasteiger charge is -2.06. The van der Waals surface area contributed by atoms with Crippen LogP contribution in [0.1, 0.15) is 27.4 Å². The van der Waals surface area contributed by atoms with Crippen LogP contribution in [0.5, 0.6) is 0 Å². The summed E-state index contributed by atoms with van der Waals surface area (Å²) in [6.07, 6.45) is 5.16. The molecule has 17 heavy (non-hydrogen) atoms. The Balaban J connectivity index is 2.37. The third-order valence-corrected chi connectivity index (χ3v) is 2.46. The third-order valence-electron chi connectivity index (χ3n) is 2.46. The normalized spacial score (nSPS) is 10.2. The molecule has 2 heterocycles. The number of primary amides is 1. The van der Waals surface area contributed by atoms with Crippen molar-refractivity contribution in [1.29, 1.82) is 0 Å². The Labute approximate surface area is 98.7 Å². The predicted octanol–water partition coefficient (Wildman–Crippen LogP) is 0.870. The smallest absolute Gasteiger partial charge is 0.269 e. The van der Waals surface area contributed by atoms with Gasteiger partial charge in [0.25, 0.3) is 5.91 Å². The number of amides is 1. The standard InChI is InChI=1S/C12H12N4O/c1-8-3-2-4-14-9(8)7-10-11(12(13)17)16-6-5-15-10/h2-6H,7H2,1H3,(H2,13,17). The van der Waals surface area contributed by atoms with Gasteiger partial charge < -0.3 is 5.73 Å². The Morgan fingerprint density at radius 2 is 1.88 bits per heavy atom. The van der Waals surface area contributed by atoms with E-state index in [4.69, 9.17) is 5.73 Å². The monoisotopic (exact) mass is 228 g/mol. The van der Waals surface area contributed by atoms with Crippen molar-refractivity contribution in [2.24, 2.45) is 5.73 Å². The number of carbonyl (C=O) groups is 1. The van der Waals surface area contributed by atoms with Crippen molar-refractivity contribution in [3.8, 4) is 0 Å². The minimum Gasteiger partial charge on any atom is -0.364 e. The zero-order chi connectivity index (χ0) is 12.3. The van der Waals surface area contributed by atoms with E-state index in [1.165, 1.54) is 6.20 Å². The van der Waals surface area contributed by atoms with Gasteiger partial charge in [-0.15, -0.1) is 0 Å². The molecule has 1 amide bonds. The molecule has 0 spiro atoms. The zero-order valence-corrected chi connectivity index (χ0v) is 9.42. The molecular formula is C12H12N4O. The van der Waals surface area contributed by atoms with Gasteiger partial charge in [0.2, 0.25) is 0 Å². The van der Waals surface area contributed by atoms with Crippen molar-refractivity contribution < 1.29 is 4.79 Å². The molecule has 0 aliphatic rings. The molecule has 0 saturated heterocycles. The molecule has 5 nitrogen and oxygen atoms in total. The Kier molecular flexibility index (Phi) is 3.09. The fourth-order valence-electron chi connectivity index (χ4n) is 1.56. The molecule has 5 heteroatoms. The molecule has 86 valence electrons. The highest BCUT2D eigenvalue weighted by atomic mass is 16.1. The maximum absolute atomic E-state index is 11.2. The van der Waals surface area contributed by atoms with Gasteiger partial charge in [-0.3, -0.25) is 14.8 Å². The van der Waals surface area contributed by atoms with Crippen molar-refractivity contribution >= 4 is 5.91 Å². The van der Waals surface area contributed by atoms with Gasteiger partial charge in [0.15, 0.2) is 0 Å². The van der Waals surface area contributed by atoms with Gasteiger partial charge in [0.1, 0.15) is 5.69 Å². The molecule has 2 rings (SSSR count). The second kappa shape index (κ2) is 4.69. The topological polar surface area (TPSA) is 81.8 Å². The summed E-state index contributed by atoms with van der Waals surface area (Å²) < 4.78 is 0. The van der Waals surface area contributed by atoms with E-state index in [0.29, 0.717) is 12.1 Å². The van der Waals surface area contributed by atoms with Gasteiger partial charge in [-0.2, -0.15) is 0 Å². The van der Waals surface area contributed by atoms with Crippen LogP contribution in [0.2, 0.25) is 0 Å². The van der Waals surface area contributed by atoms with Crippen molar-refractivity contribution in [2.75, 3.05) is 0 Å². The maximum Gasteiger partial charge on any atom is 0.269 e. The van der Waals surface area contributed by atoms with Crippen LogP contribution in [0.4, 0.5) is 0 Å². The summed E-state index contributed by atoms with van der Waals surface area (Å²) >= 11 is 0. The van der Waals surface area contributed by atoms with Crippen LogP contribution >= 0.6 is 0 Å². The van der Waals surface area contributed by atoms with E-state index in [0.717, 1.165) is 11.3 Å². The molecule has 0 saturated carbocycles. The molecular weight excluding hydrogens is 216 g/mol. The largest absolute Gasteiger partial charge is 0.364 e. The molecule has 0 atom stereocenters. The summed E-state index contributed by atoms with van der Waals surface area (Å²) in [6, 6.07) is 3.83. The number of nitrogens with zero attached hydrogens (tertiary/aromatic N) is 3. The average molecular weight is 228 g/mol. The Morgan fingerprint density at radius 3 is 2.59 bits per heavy atom. The number of aryl methyl sites for hydroxylation is 1.